The molecule has 1 aromatic rings. The second-order valence-electron chi connectivity index (χ2n) is 5.28. The fourth-order valence-electron chi connectivity index (χ4n) is 2.38. The average molecular weight is 236 g/mol. The van der Waals surface area contributed by atoms with Crippen LogP contribution in [0.1, 0.15) is 38.4 Å². The number of rotatable bonds is 4. The highest BCUT2D eigenvalue weighted by Gasteiger charge is 2.18. The lowest BCUT2D eigenvalue weighted by Crippen LogP contribution is -2.40. The van der Waals surface area contributed by atoms with Gasteiger partial charge < -0.3 is 5.32 Å². The Morgan fingerprint density at radius 2 is 2.18 bits per heavy atom. The highest BCUT2D eigenvalue weighted by atomic mass is 15.3. The van der Waals surface area contributed by atoms with Crippen LogP contribution < -0.4 is 5.32 Å². The summed E-state index contributed by atoms with van der Waals surface area (Å²) >= 11 is 0. The average Bonchev–Trinajstić information content (AvgIpc) is 2.79. The lowest BCUT2D eigenvalue weighted by atomic mass is 10.1. The molecular weight excluding hydrogens is 212 g/mol. The van der Waals surface area contributed by atoms with Crippen LogP contribution in [0.3, 0.4) is 0 Å². The van der Waals surface area contributed by atoms with Crippen LogP contribution in [-0.2, 0) is 6.54 Å². The van der Waals surface area contributed by atoms with Crippen LogP contribution in [0.5, 0.6) is 0 Å². The summed E-state index contributed by atoms with van der Waals surface area (Å²) in [6.07, 6.45) is 4.58. The van der Waals surface area contributed by atoms with E-state index in [1.165, 1.54) is 18.5 Å². The molecule has 0 spiro atoms. The first-order chi connectivity index (χ1) is 8.16. The molecule has 0 aromatic carbocycles. The molecule has 0 unspecified atom stereocenters. The van der Waals surface area contributed by atoms with Gasteiger partial charge in [0.15, 0.2) is 0 Å². The second kappa shape index (κ2) is 5.65. The molecule has 0 radical (unpaired) electrons. The number of hydrogen-bond donors (Lipinski definition) is 1. The van der Waals surface area contributed by atoms with Gasteiger partial charge in [0, 0.05) is 24.8 Å². The number of nitrogens with one attached hydrogen (secondary N) is 1. The maximum atomic E-state index is 4.60. The van der Waals surface area contributed by atoms with Crippen molar-refractivity contribution in [3.05, 3.63) is 18.0 Å². The third-order valence-electron chi connectivity index (χ3n) is 3.54. The predicted molar refractivity (Wildman–Crippen MR) is 70.0 cm³/mol. The molecule has 1 saturated heterocycles. The molecule has 1 fully saturated rings. The Morgan fingerprint density at radius 1 is 1.47 bits per heavy atom. The van der Waals surface area contributed by atoms with E-state index >= 15 is 0 Å². The molecule has 2 rings (SSSR count). The van der Waals surface area contributed by atoms with Gasteiger partial charge in [-0.15, -0.1) is 0 Å². The fourth-order valence-corrected chi connectivity index (χ4v) is 2.38. The summed E-state index contributed by atoms with van der Waals surface area (Å²) in [6, 6.07) is 3.30. The molecule has 1 aliphatic rings. The molecule has 96 valence electrons. The van der Waals surface area contributed by atoms with Crippen LogP contribution >= 0.6 is 0 Å². The third kappa shape index (κ3) is 3.30. The van der Waals surface area contributed by atoms with Crippen molar-refractivity contribution in [2.24, 2.45) is 0 Å². The van der Waals surface area contributed by atoms with Crippen molar-refractivity contribution in [2.45, 2.75) is 45.3 Å². The van der Waals surface area contributed by atoms with Crippen LogP contribution in [0, 0.1) is 0 Å². The maximum absolute atomic E-state index is 4.60. The second-order valence-corrected chi connectivity index (χ2v) is 5.28. The highest BCUT2D eigenvalue weighted by Crippen LogP contribution is 2.13. The van der Waals surface area contributed by atoms with Gasteiger partial charge in [0.1, 0.15) is 0 Å². The molecule has 1 aliphatic heterocycles. The van der Waals surface area contributed by atoms with Gasteiger partial charge >= 0.3 is 0 Å². The molecule has 4 nitrogen and oxygen atoms in total. The molecule has 0 aliphatic carbocycles. The predicted octanol–water partition coefficient (Wildman–Crippen LogP) is 1.65. The van der Waals surface area contributed by atoms with Gasteiger partial charge in [0.25, 0.3) is 0 Å². The van der Waals surface area contributed by atoms with Gasteiger partial charge in [-0.25, -0.2) is 0 Å². The van der Waals surface area contributed by atoms with Crippen molar-refractivity contribution in [3.8, 4) is 0 Å². The molecule has 0 saturated carbocycles. The monoisotopic (exact) mass is 236 g/mol. The molecule has 1 N–H and O–H groups in total. The summed E-state index contributed by atoms with van der Waals surface area (Å²) < 4.78 is 2.03. The van der Waals surface area contributed by atoms with Crippen molar-refractivity contribution >= 4 is 0 Å². The van der Waals surface area contributed by atoms with E-state index in [1.807, 2.05) is 4.68 Å². The first-order valence-electron chi connectivity index (χ1n) is 6.62. The minimum Gasteiger partial charge on any atom is -0.317 e. The minimum absolute atomic E-state index is 0.452. The van der Waals surface area contributed by atoms with Crippen LogP contribution in [0.4, 0.5) is 0 Å². The van der Waals surface area contributed by atoms with Gasteiger partial charge in [-0.1, -0.05) is 0 Å². The summed E-state index contributed by atoms with van der Waals surface area (Å²) in [4.78, 5) is 2.44. The van der Waals surface area contributed by atoms with Crippen LogP contribution in [0.2, 0.25) is 0 Å². The van der Waals surface area contributed by atoms with Crippen LogP contribution in [0.25, 0.3) is 0 Å². The number of piperidine rings is 1. The quantitative estimate of drug-likeness (QED) is 0.863. The summed E-state index contributed by atoms with van der Waals surface area (Å²) in [6.45, 7) is 7.58. The first kappa shape index (κ1) is 12.6. The maximum Gasteiger partial charge on any atom is 0.0764 e. The van der Waals surface area contributed by atoms with E-state index in [2.05, 4.69) is 48.5 Å². The minimum atomic E-state index is 0.452. The standard InChI is InChI=1S/C13H24N4/c1-11(2)17-9-6-12(15-17)10-16(3)13-4-7-14-8-5-13/h6,9,11,13-14H,4-5,7-8,10H2,1-3H3. The fraction of sp³-hybridized carbons (Fsp3) is 0.769. The summed E-state index contributed by atoms with van der Waals surface area (Å²) in [5, 5.41) is 8.01. The Kier molecular flexibility index (Phi) is 4.18. The van der Waals surface area contributed by atoms with E-state index in [9.17, 15) is 0 Å². The summed E-state index contributed by atoms with van der Waals surface area (Å²) in [7, 11) is 2.21. The van der Waals surface area contributed by atoms with Crippen molar-refractivity contribution in [3.63, 3.8) is 0 Å². The Morgan fingerprint density at radius 3 is 2.76 bits per heavy atom. The molecule has 17 heavy (non-hydrogen) atoms. The third-order valence-corrected chi connectivity index (χ3v) is 3.54. The summed E-state index contributed by atoms with van der Waals surface area (Å²) in [5.74, 6) is 0. The van der Waals surface area contributed by atoms with Gasteiger partial charge in [0.2, 0.25) is 0 Å². The van der Waals surface area contributed by atoms with Crippen molar-refractivity contribution in [1.82, 2.24) is 20.0 Å². The highest BCUT2D eigenvalue weighted by molar-refractivity contribution is 4.99. The zero-order valence-corrected chi connectivity index (χ0v) is 11.2. The first-order valence-corrected chi connectivity index (χ1v) is 6.62. The zero-order chi connectivity index (χ0) is 12.3. The zero-order valence-electron chi connectivity index (χ0n) is 11.2. The number of nitrogens with zero attached hydrogens (tertiary/aromatic N) is 3. The Hall–Kier alpha value is -0.870. The lowest BCUT2D eigenvalue weighted by molar-refractivity contribution is 0.189. The smallest absolute Gasteiger partial charge is 0.0764 e. The van der Waals surface area contributed by atoms with E-state index in [4.69, 9.17) is 0 Å². The molecule has 0 bridgehead atoms. The SMILES string of the molecule is CC(C)n1ccc(CN(C)C2CCNCC2)n1. The Labute approximate surface area is 104 Å². The lowest BCUT2D eigenvalue weighted by Gasteiger charge is -2.31. The molecule has 1 aromatic heterocycles. The normalized spacial score (nSPS) is 18.2. The van der Waals surface area contributed by atoms with Crippen LogP contribution in [0.15, 0.2) is 12.3 Å². The van der Waals surface area contributed by atoms with Gasteiger partial charge in [-0.05, 0) is 52.9 Å². The van der Waals surface area contributed by atoms with Gasteiger partial charge in [0.05, 0.1) is 5.69 Å². The van der Waals surface area contributed by atoms with Crippen molar-refractivity contribution in [1.29, 1.82) is 0 Å². The van der Waals surface area contributed by atoms with Crippen molar-refractivity contribution in [2.75, 3.05) is 20.1 Å². The van der Waals surface area contributed by atoms with Gasteiger partial charge in [-0.3, -0.25) is 9.58 Å². The Balaban J connectivity index is 1.90. The van der Waals surface area contributed by atoms with E-state index in [-0.39, 0.29) is 0 Å². The van der Waals surface area contributed by atoms with Crippen molar-refractivity contribution < 1.29 is 0 Å². The van der Waals surface area contributed by atoms with Crippen LogP contribution in [-0.4, -0.2) is 40.9 Å². The van der Waals surface area contributed by atoms with E-state index in [1.54, 1.807) is 0 Å². The number of aromatic nitrogens is 2. The molecular formula is C13H24N4. The van der Waals surface area contributed by atoms with E-state index in [0.29, 0.717) is 12.1 Å². The topological polar surface area (TPSA) is 33.1 Å². The molecule has 4 heteroatoms. The number of hydrogen-bond acceptors (Lipinski definition) is 3. The van der Waals surface area contributed by atoms with E-state index < -0.39 is 0 Å². The van der Waals surface area contributed by atoms with Gasteiger partial charge in [-0.2, -0.15) is 5.10 Å². The largest absolute Gasteiger partial charge is 0.317 e. The molecule has 2 heterocycles. The molecule has 0 amide bonds. The summed E-state index contributed by atoms with van der Waals surface area (Å²) in [5.41, 5.74) is 1.18. The molecule has 0 atom stereocenters. The Bertz CT molecular complexity index is 339. The van der Waals surface area contributed by atoms with E-state index in [0.717, 1.165) is 19.6 Å².